The second-order valence-corrected chi connectivity index (χ2v) is 10.3. The van der Waals surface area contributed by atoms with E-state index in [1.54, 1.807) is 23.1 Å². The van der Waals surface area contributed by atoms with Gasteiger partial charge in [0.05, 0.1) is 17.1 Å². The van der Waals surface area contributed by atoms with E-state index in [9.17, 15) is 9.59 Å². The first kappa shape index (κ1) is 24.9. The number of nitrogens with zero attached hydrogens (tertiary/aromatic N) is 1. The van der Waals surface area contributed by atoms with E-state index in [1.165, 1.54) is 11.8 Å². The van der Waals surface area contributed by atoms with Crippen molar-refractivity contribution in [3.63, 3.8) is 0 Å². The Morgan fingerprint density at radius 3 is 2.51 bits per heavy atom. The number of hydrogen-bond acceptors (Lipinski definition) is 3. The summed E-state index contributed by atoms with van der Waals surface area (Å²) in [6, 6.07) is 30.9. The minimum absolute atomic E-state index is 0.0866. The molecule has 184 valence electrons. The predicted octanol–water partition coefficient (Wildman–Crippen LogP) is 7.26. The van der Waals surface area contributed by atoms with Crippen LogP contribution < -0.4 is 10.2 Å². The molecule has 0 spiro atoms. The zero-order valence-corrected chi connectivity index (χ0v) is 21.9. The molecule has 2 amide bonds. The number of hydrogen-bond donors (Lipinski definition) is 1. The Morgan fingerprint density at radius 2 is 1.73 bits per heavy atom. The van der Waals surface area contributed by atoms with Crippen molar-refractivity contribution in [2.45, 2.75) is 24.9 Å². The maximum atomic E-state index is 13.7. The Labute approximate surface area is 226 Å². The molecule has 0 bridgehead atoms. The maximum Gasteiger partial charge on any atom is 0.265 e. The lowest BCUT2D eigenvalue weighted by molar-refractivity contribution is -0.114. The molecular weight excluding hydrogens is 500 g/mol. The number of nitrogens with one attached hydrogen (secondary N) is 1. The van der Waals surface area contributed by atoms with Gasteiger partial charge in [0.2, 0.25) is 0 Å². The summed E-state index contributed by atoms with van der Waals surface area (Å²) in [5, 5.41) is 3.55. The molecule has 6 heteroatoms. The molecule has 0 radical (unpaired) electrons. The number of benzene rings is 4. The fraction of sp³-hybridized carbons (Fsp3) is 0.0968. The highest BCUT2D eigenvalue weighted by atomic mass is 35.5. The summed E-state index contributed by atoms with van der Waals surface area (Å²) < 4.78 is 0. The highest BCUT2D eigenvalue weighted by molar-refractivity contribution is 8.04. The third-order valence-corrected chi connectivity index (χ3v) is 7.55. The second kappa shape index (κ2) is 11.1. The fourth-order valence-electron chi connectivity index (χ4n) is 4.22. The fourth-order valence-corrected chi connectivity index (χ4v) is 5.46. The lowest BCUT2D eigenvalue weighted by Crippen LogP contribution is -2.34. The molecule has 1 aliphatic heterocycles. The summed E-state index contributed by atoms with van der Waals surface area (Å²) in [6.07, 6.45) is 1.92. The number of aryl methyl sites for hydroxylation is 1. The van der Waals surface area contributed by atoms with Crippen LogP contribution in [-0.4, -0.2) is 11.8 Å². The SMILES string of the molecule is Cc1cccc(CN2C(=O)/C(=C/c3ccccc3)Sc3ccc(C(=O)NCc4ccccc4Cl)cc32)c1. The first-order valence-electron chi connectivity index (χ1n) is 12.0. The standard InChI is InChI=1S/C31H25ClN2O2S/c1-21-8-7-11-23(16-21)20-34-27-18-24(30(35)33-19-25-12-5-6-13-26(25)32)14-15-28(27)37-29(31(34)36)17-22-9-3-2-4-10-22/h2-18H,19-20H2,1H3,(H,33,35)/b29-17-. The van der Waals surface area contributed by atoms with Gasteiger partial charge in [-0.1, -0.05) is 102 Å². The normalized spacial score (nSPS) is 13.9. The van der Waals surface area contributed by atoms with Gasteiger partial charge in [-0.3, -0.25) is 9.59 Å². The highest BCUT2D eigenvalue weighted by Gasteiger charge is 2.30. The van der Waals surface area contributed by atoms with Crippen molar-refractivity contribution in [1.82, 2.24) is 5.32 Å². The average Bonchev–Trinajstić information content (AvgIpc) is 2.91. The molecule has 1 N–H and O–H groups in total. The monoisotopic (exact) mass is 524 g/mol. The summed E-state index contributed by atoms with van der Waals surface area (Å²) >= 11 is 7.67. The minimum Gasteiger partial charge on any atom is -0.348 e. The van der Waals surface area contributed by atoms with Crippen molar-refractivity contribution >= 4 is 46.9 Å². The van der Waals surface area contributed by atoms with Gasteiger partial charge < -0.3 is 10.2 Å². The van der Waals surface area contributed by atoms with Gasteiger partial charge in [0, 0.05) is 22.0 Å². The van der Waals surface area contributed by atoms with Crippen molar-refractivity contribution in [3.05, 3.63) is 135 Å². The van der Waals surface area contributed by atoms with E-state index in [0.717, 1.165) is 32.8 Å². The van der Waals surface area contributed by atoms with E-state index >= 15 is 0 Å². The van der Waals surface area contributed by atoms with Gasteiger partial charge in [0.25, 0.3) is 11.8 Å². The van der Waals surface area contributed by atoms with Gasteiger partial charge >= 0.3 is 0 Å². The molecule has 5 rings (SSSR count). The number of carbonyl (C=O) groups is 2. The lowest BCUT2D eigenvalue weighted by atomic mass is 10.1. The maximum absolute atomic E-state index is 13.7. The molecule has 4 aromatic rings. The van der Waals surface area contributed by atoms with Gasteiger partial charge in [-0.2, -0.15) is 0 Å². The third kappa shape index (κ3) is 5.79. The van der Waals surface area contributed by atoms with Crippen molar-refractivity contribution in [1.29, 1.82) is 0 Å². The lowest BCUT2D eigenvalue weighted by Gasteiger charge is -2.31. The average molecular weight is 525 g/mol. The quantitative estimate of drug-likeness (QED) is 0.270. The number of rotatable bonds is 6. The molecular formula is C31H25ClN2O2S. The predicted molar refractivity (Wildman–Crippen MR) is 152 cm³/mol. The smallest absolute Gasteiger partial charge is 0.265 e. The van der Waals surface area contributed by atoms with Crippen molar-refractivity contribution in [2.75, 3.05) is 4.90 Å². The van der Waals surface area contributed by atoms with Crippen molar-refractivity contribution < 1.29 is 9.59 Å². The second-order valence-electron chi connectivity index (χ2n) is 8.86. The first-order valence-corrected chi connectivity index (χ1v) is 13.1. The van der Waals surface area contributed by atoms with Crippen LogP contribution in [0.25, 0.3) is 6.08 Å². The van der Waals surface area contributed by atoms with Crippen LogP contribution in [0.15, 0.2) is 107 Å². The zero-order chi connectivity index (χ0) is 25.8. The topological polar surface area (TPSA) is 49.4 Å². The van der Waals surface area contributed by atoms with Crippen molar-refractivity contribution in [2.24, 2.45) is 0 Å². The number of fused-ring (bicyclic) bond motifs is 1. The third-order valence-electron chi connectivity index (χ3n) is 6.11. The Morgan fingerprint density at radius 1 is 0.946 bits per heavy atom. The molecule has 0 fully saturated rings. The molecule has 0 unspecified atom stereocenters. The Kier molecular flexibility index (Phi) is 7.45. The van der Waals surface area contributed by atoms with E-state index in [0.29, 0.717) is 28.6 Å². The van der Waals surface area contributed by atoms with Crippen LogP contribution in [0.1, 0.15) is 32.6 Å². The van der Waals surface area contributed by atoms with Gasteiger partial charge in [-0.05, 0) is 54.0 Å². The van der Waals surface area contributed by atoms with Crippen LogP contribution in [0, 0.1) is 6.92 Å². The van der Waals surface area contributed by atoms with E-state index in [2.05, 4.69) is 11.4 Å². The van der Waals surface area contributed by atoms with E-state index in [4.69, 9.17) is 11.6 Å². The van der Waals surface area contributed by atoms with Crippen LogP contribution in [0.5, 0.6) is 0 Å². The summed E-state index contributed by atoms with van der Waals surface area (Å²) in [5.41, 5.74) is 5.19. The summed E-state index contributed by atoms with van der Waals surface area (Å²) in [7, 11) is 0. The highest BCUT2D eigenvalue weighted by Crippen LogP contribution is 2.43. The number of halogens is 1. The van der Waals surface area contributed by atoms with Crippen LogP contribution in [0.3, 0.4) is 0 Å². The van der Waals surface area contributed by atoms with Crippen LogP contribution in [-0.2, 0) is 17.9 Å². The molecule has 4 aromatic carbocycles. The number of thioether (sulfide) groups is 1. The minimum atomic E-state index is -0.221. The molecule has 0 atom stereocenters. The molecule has 0 saturated carbocycles. The van der Waals surface area contributed by atoms with Crippen LogP contribution in [0.2, 0.25) is 5.02 Å². The Hall–Kier alpha value is -3.80. The van der Waals surface area contributed by atoms with Crippen LogP contribution in [0.4, 0.5) is 5.69 Å². The number of amides is 2. The molecule has 1 heterocycles. The number of anilines is 1. The van der Waals surface area contributed by atoms with E-state index < -0.39 is 0 Å². The van der Waals surface area contributed by atoms with Gasteiger partial charge in [-0.15, -0.1) is 0 Å². The molecule has 4 nitrogen and oxygen atoms in total. The molecule has 1 aliphatic rings. The molecule has 37 heavy (non-hydrogen) atoms. The van der Waals surface area contributed by atoms with Crippen molar-refractivity contribution in [3.8, 4) is 0 Å². The first-order chi connectivity index (χ1) is 18.0. The molecule has 0 aliphatic carbocycles. The largest absolute Gasteiger partial charge is 0.348 e. The summed E-state index contributed by atoms with van der Waals surface area (Å²) in [6.45, 7) is 2.76. The Balaban J connectivity index is 1.47. The summed E-state index contributed by atoms with van der Waals surface area (Å²) in [4.78, 5) is 30.1. The molecule has 0 saturated heterocycles. The van der Waals surface area contributed by atoms with Gasteiger partial charge in [0.15, 0.2) is 0 Å². The van der Waals surface area contributed by atoms with Gasteiger partial charge in [0.1, 0.15) is 0 Å². The molecule has 0 aromatic heterocycles. The van der Waals surface area contributed by atoms with E-state index in [1.807, 2.05) is 85.8 Å². The number of carbonyl (C=O) groups excluding carboxylic acids is 2. The van der Waals surface area contributed by atoms with Gasteiger partial charge in [-0.25, -0.2) is 0 Å². The zero-order valence-electron chi connectivity index (χ0n) is 20.3. The van der Waals surface area contributed by atoms with E-state index in [-0.39, 0.29) is 11.8 Å². The summed E-state index contributed by atoms with van der Waals surface area (Å²) in [5.74, 6) is -0.308. The van der Waals surface area contributed by atoms with Crippen LogP contribution >= 0.6 is 23.4 Å². The Bertz CT molecular complexity index is 1500.